The van der Waals surface area contributed by atoms with Crippen LogP contribution in [0, 0.1) is 0 Å². The lowest BCUT2D eigenvalue weighted by Crippen LogP contribution is -2.41. The third-order valence-electron chi connectivity index (χ3n) is 4.22. The Labute approximate surface area is 162 Å². The van der Waals surface area contributed by atoms with E-state index in [1.165, 1.54) is 0 Å². The molecule has 26 heavy (non-hydrogen) atoms. The van der Waals surface area contributed by atoms with Gasteiger partial charge in [-0.05, 0) is 36.8 Å². The van der Waals surface area contributed by atoms with Crippen molar-refractivity contribution in [3.8, 4) is 0 Å². The third-order valence-corrected chi connectivity index (χ3v) is 6.51. The van der Waals surface area contributed by atoms with Crippen LogP contribution in [0.1, 0.15) is 12.2 Å². The van der Waals surface area contributed by atoms with Gasteiger partial charge < -0.3 is 9.73 Å². The predicted molar refractivity (Wildman–Crippen MR) is 101 cm³/mol. The molecule has 1 N–H and O–H groups in total. The molecule has 6 nitrogen and oxygen atoms in total. The molecule has 1 aromatic heterocycles. The number of halogens is 2. The van der Waals surface area contributed by atoms with Crippen LogP contribution < -0.4 is 5.32 Å². The van der Waals surface area contributed by atoms with Crippen LogP contribution in [0.25, 0.3) is 0 Å². The number of sulfone groups is 1. The van der Waals surface area contributed by atoms with Crippen LogP contribution in [0.4, 0.5) is 5.69 Å². The van der Waals surface area contributed by atoms with Crippen molar-refractivity contribution in [1.29, 1.82) is 0 Å². The average Bonchev–Trinajstić information content (AvgIpc) is 3.19. The Morgan fingerprint density at radius 3 is 2.73 bits per heavy atom. The Hall–Kier alpha value is -1.54. The Morgan fingerprint density at radius 1 is 1.31 bits per heavy atom. The van der Waals surface area contributed by atoms with Crippen molar-refractivity contribution in [3.63, 3.8) is 0 Å². The molecule has 1 aliphatic rings. The van der Waals surface area contributed by atoms with E-state index in [4.69, 9.17) is 27.6 Å². The summed E-state index contributed by atoms with van der Waals surface area (Å²) in [6.07, 6.45) is 2.05. The molecule has 3 rings (SSSR count). The monoisotopic (exact) mass is 416 g/mol. The zero-order valence-electron chi connectivity index (χ0n) is 13.8. The molecule has 1 saturated heterocycles. The van der Waals surface area contributed by atoms with Gasteiger partial charge in [-0.25, -0.2) is 8.42 Å². The largest absolute Gasteiger partial charge is 0.468 e. The highest BCUT2D eigenvalue weighted by Crippen LogP contribution is 2.26. The van der Waals surface area contributed by atoms with Crippen molar-refractivity contribution < 1.29 is 17.6 Å². The SMILES string of the molecule is O=C(CN(Cc1ccco1)[C@@H]1CCS(=O)(=O)C1)Nc1ccc(Cl)cc1Cl. The van der Waals surface area contributed by atoms with Gasteiger partial charge >= 0.3 is 0 Å². The van der Waals surface area contributed by atoms with E-state index in [2.05, 4.69) is 5.32 Å². The van der Waals surface area contributed by atoms with Crippen molar-refractivity contribution in [3.05, 3.63) is 52.4 Å². The minimum atomic E-state index is -3.07. The lowest BCUT2D eigenvalue weighted by atomic mass is 10.2. The number of nitrogens with one attached hydrogen (secondary N) is 1. The van der Waals surface area contributed by atoms with Gasteiger partial charge in [0.2, 0.25) is 5.91 Å². The molecule has 0 bridgehead atoms. The van der Waals surface area contributed by atoms with Gasteiger partial charge in [0.25, 0.3) is 0 Å². The fourth-order valence-corrected chi connectivity index (χ4v) is 5.16. The fraction of sp³-hybridized carbons (Fsp3) is 0.353. The Bertz CT molecular complexity index is 884. The first-order chi connectivity index (χ1) is 12.3. The quantitative estimate of drug-likeness (QED) is 0.781. The number of rotatable bonds is 6. The molecule has 0 radical (unpaired) electrons. The number of carbonyl (C=O) groups excluding carboxylic acids is 1. The number of furan rings is 1. The van der Waals surface area contributed by atoms with E-state index in [-0.39, 0.29) is 30.0 Å². The average molecular weight is 417 g/mol. The van der Waals surface area contributed by atoms with Crippen LogP contribution in [0.3, 0.4) is 0 Å². The van der Waals surface area contributed by atoms with E-state index in [0.29, 0.717) is 34.5 Å². The second-order valence-corrected chi connectivity index (χ2v) is 9.29. The second kappa shape index (κ2) is 8.00. The van der Waals surface area contributed by atoms with Crippen LogP contribution in [0.15, 0.2) is 41.0 Å². The Morgan fingerprint density at radius 2 is 2.12 bits per heavy atom. The van der Waals surface area contributed by atoms with Crippen LogP contribution in [0.2, 0.25) is 10.0 Å². The van der Waals surface area contributed by atoms with E-state index < -0.39 is 9.84 Å². The Kier molecular flexibility index (Phi) is 5.92. The molecule has 1 fully saturated rings. The molecular formula is C17H18Cl2N2O4S. The molecule has 0 spiro atoms. The number of amides is 1. The zero-order valence-corrected chi connectivity index (χ0v) is 16.1. The second-order valence-electron chi connectivity index (χ2n) is 6.21. The molecule has 9 heteroatoms. The number of hydrogen-bond donors (Lipinski definition) is 1. The van der Waals surface area contributed by atoms with Crippen molar-refractivity contribution in [1.82, 2.24) is 4.90 Å². The van der Waals surface area contributed by atoms with Crippen LogP contribution in [-0.4, -0.2) is 43.3 Å². The van der Waals surface area contributed by atoms with Crippen LogP contribution >= 0.6 is 23.2 Å². The first-order valence-electron chi connectivity index (χ1n) is 8.04. The molecule has 0 unspecified atom stereocenters. The summed E-state index contributed by atoms with van der Waals surface area (Å²) < 4.78 is 29.0. The topological polar surface area (TPSA) is 79.6 Å². The van der Waals surface area contributed by atoms with E-state index in [1.807, 2.05) is 4.90 Å². The van der Waals surface area contributed by atoms with Crippen molar-refractivity contribution in [2.24, 2.45) is 0 Å². The first kappa shape index (κ1) is 19.2. The molecule has 1 amide bonds. The molecule has 0 aliphatic carbocycles. The molecule has 1 aliphatic heterocycles. The zero-order chi connectivity index (χ0) is 18.7. The fourth-order valence-electron chi connectivity index (χ4n) is 2.95. The number of benzene rings is 1. The van der Waals surface area contributed by atoms with E-state index in [0.717, 1.165) is 0 Å². The normalized spacial score (nSPS) is 19.0. The molecule has 1 atom stereocenters. The van der Waals surface area contributed by atoms with Crippen molar-refractivity contribution >= 4 is 44.6 Å². The van der Waals surface area contributed by atoms with Gasteiger partial charge in [0.05, 0.1) is 41.6 Å². The standard InChI is InChI=1S/C17H18Cl2N2O4S/c18-12-3-4-16(15(19)8-12)20-17(22)10-21(9-14-2-1-6-25-14)13-5-7-26(23,24)11-13/h1-4,6,8,13H,5,7,9-11H2,(H,20,22)/t13-/m1/s1. The summed E-state index contributed by atoms with van der Waals surface area (Å²) >= 11 is 11.9. The van der Waals surface area contributed by atoms with Gasteiger partial charge in [0.1, 0.15) is 5.76 Å². The summed E-state index contributed by atoms with van der Waals surface area (Å²) in [4.78, 5) is 14.3. The van der Waals surface area contributed by atoms with Gasteiger partial charge in [-0.1, -0.05) is 23.2 Å². The molecule has 2 heterocycles. The minimum absolute atomic E-state index is 0.0276. The molecule has 140 valence electrons. The minimum Gasteiger partial charge on any atom is -0.468 e. The first-order valence-corrected chi connectivity index (χ1v) is 10.6. The van der Waals surface area contributed by atoms with Crippen LogP contribution in [-0.2, 0) is 21.2 Å². The lowest BCUT2D eigenvalue weighted by Gasteiger charge is -2.26. The highest BCUT2D eigenvalue weighted by molar-refractivity contribution is 7.91. The van der Waals surface area contributed by atoms with Crippen molar-refractivity contribution in [2.75, 3.05) is 23.4 Å². The number of hydrogen-bond acceptors (Lipinski definition) is 5. The summed E-state index contributed by atoms with van der Waals surface area (Å²) in [6, 6.07) is 8.13. The summed E-state index contributed by atoms with van der Waals surface area (Å²) in [5.41, 5.74) is 0.457. The summed E-state index contributed by atoms with van der Waals surface area (Å²) in [5.74, 6) is 0.566. The van der Waals surface area contributed by atoms with Gasteiger partial charge in [-0.2, -0.15) is 0 Å². The summed E-state index contributed by atoms with van der Waals surface area (Å²) in [5, 5.41) is 3.56. The van der Waals surface area contributed by atoms with E-state index in [9.17, 15) is 13.2 Å². The molecule has 1 aromatic carbocycles. The third kappa shape index (κ3) is 5.01. The molecular weight excluding hydrogens is 399 g/mol. The molecule has 2 aromatic rings. The number of nitrogens with zero attached hydrogens (tertiary/aromatic N) is 1. The highest BCUT2D eigenvalue weighted by Gasteiger charge is 2.33. The molecule has 0 saturated carbocycles. The number of carbonyl (C=O) groups is 1. The van der Waals surface area contributed by atoms with Gasteiger partial charge in [0.15, 0.2) is 9.84 Å². The smallest absolute Gasteiger partial charge is 0.238 e. The van der Waals surface area contributed by atoms with Crippen molar-refractivity contribution in [2.45, 2.75) is 19.0 Å². The van der Waals surface area contributed by atoms with Crippen LogP contribution in [0.5, 0.6) is 0 Å². The summed E-state index contributed by atoms with van der Waals surface area (Å²) in [6.45, 7) is 0.384. The van der Waals surface area contributed by atoms with E-state index in [1.54, 1.807) is 36.6 Å². The van der Waals surface area contributed by atoms with Gasteiger partial charge in [0, 0.05) is 11.1 Å². The Balaban J connectivity index is 1.71. The predicted octanol–water partition coefficient (Wildman–Crippen LogP) is 3.21. The number of anilines is 1. The van der Waals surface area contributed by atoms with Gasteiger partial charge in [-0.3, -0.25) is 9.69 Å². The maximum atomic E-state index is 12.5. The lowest BCUT2D eigenvalue weighted by molar-refractivity contribution is -0.118. The van der Waals surface area contributed by atoms with E-state index >= 15 is 0 Å². The maximum Gasteiger partial charge on any atom is 0.238 e. The maximum absolute atomic E-state index is 12.5. The van der Waals surface area contributed by atoms with Gasteiger partial charge in [-0.15, -0.1) is 0 Å². The summed E-state index contributed by atoms with van der Waals surface area (Å²) in [7, 11) is -3.07. The highest BCUT2D eigenvalue weighted by atomic mass is 35.5.